The van der Waals surface area contributed by atoms with Gasteiger partial charge >= 0.3 is 0 Å². The van der Waals surface area contributed by atoms with Crippen molar-refractivity contribution in [2.75, 3.05) is 38.2 Å². The van der Waals surface area contributed by atoms with E-state index >= 15 is 0 Å². The van der Waals surface area contributed by atoms with Crippen molar-refractivity contribution in [2.45, 2.75) is 65.0 Å². The molecule has 0 amide bonds. The van der Waals surface area contributed by atoms with E-state index in [0.29, 0.717) is 19.0 Å². The molecule has 0 aromatic heterocycles. The van der Waals surface area contributed by atoms with Gasteiger partial charge in [0.05, 0.1) is 5.75 Å². The Morgan fingerprint density at radius 3 is 2.31 bits per heavy atom. The van der Waals surface area contributed by atoms with Crippen molar-refractivity contribution in [3.8, 4) is 0 Å². The van der Waals surface area contributed by atoms with Crippen molar-refractivity contribution in [1.82, 2.24) is 15.5 Å². The Hall–Kier alpha value is -0.0900. The number of likely N-dealkylation sites (tertiary alicyclic amines) is 1. The average Bonchev–Trinajstić information content (AvgIpc) is 3.36. The van der Waals surface area contributed by atoms with Crippen molar-refractivity contribution in [3.05, 3.63) is 0 Å². The highest BCUT2D eigenvalue weighted by molar-refractivity contribution is 14.0. The standard InChI is InChI=1S/C18H36N4O2S.HI/c1-5-19-17(20-14-18(2,3)10-13-25(4,23)24)21-15-8-11-22(12-9-15)16-6-7-16;/h15-16H,5-14H2,1-4H3,(H2,19,20,21);1H. The third-order valence-electron chi connectivity index (χ3n) is 5.09. The molecule has 2 rings (SSSR count). The predicted octanol–water partition coefficient (Wildman–Crippen LogP) is 2.25. The molecule has 1 aliphatic carbocycles. The molecule has 2 fully saturated rings. The number of nitrogens with one attached hydrogen (secondary N) is 2. The Kier molecular flexibility index (Phi) is 9.63. The molecule has 1 saturated heterocycles. The van der Waals surface area contributed by atoms with Gasteiger partial charge in [0.1, 0.15) is 9.84 Å². The van der Waals surface area contributed by atoms with Crippen LogP contribution in [0.1, 0.15) is 52.9 Å². The highest BCUT2D eigenvalue weighted by Gasteiger charge is 2.32. The van der Waals surface area contributed by atoms with Crippen LogP contribution < -0.4 is 10.6 Å². The number of guanidine groups is 1. The lowest BCUT2D eigenvalue weighted by Gasteiger charge is -2.33. The minimum absolute atomic E-state index is 0. The predicted molar refractivity (Wildman–Crippen MR) is 120 cm³/mol. The van der Waals surface area contributed by atoms with Crippen LogP contribution in [0.15, 0.2) is 4.99 Å². The molecular formula is C18H37IN4O2S. The first kappa shape index (κ1) is 23.9. The van der Waals surface area contributed by atoms with E-state index in [1.807, 2.05) is 0 Å². The van der Waals surface area contributed by atoms with E-state index in [9.17, 15) is 8.42 Å². The highest BCUT2D eigenvalue weighted by atomic mass is 127. The zero-order valence-corrected chi connectivity index (χ0v) is 19.9. The summed E-state index contributed by atoms with van der Waals surface area (Å²) in [6, 6.07) is 1.34. The molecule has 1 aliphatic heterocycles. The van der Waals surface area contributed by atoms with Crippen LogP contribution in [0.25, 0.3) is 0 Å². The molecule has 6 nitrogen and oxygen atoms in total. The number of sulfone groups is 1. The van der Waals surface area contributed by atoms with Crippen LogP contribution in [0.3, 0.4) is 0 Å². The van der Waals surface area contributed by atoms with Crippen molar-refractivity contribution in [3.63, 3.8) is 0 Å². The average molecular weight is 500 g/mol. The van der Waals surface area contributed by atoms with E-state index in [1.165, 1.54) is 45.0 Å². The second-order valence-corrected chi connectivity index (χ2v) is 10.7. The van der Waals surface area contributed by atoms with E-state index in [4.69, 9.17) is 4.99 Å². The maximum Gasteiger partial charge on any atom is 0.191 e. The molecule has 2 aliphatic rings. The lowest BCUT2D eigenvalue weighted by molar-refractivity contribution is 0.197. The molecule has 0 aromatic carbocycles. The molecule has 154 valence electrons. The smallest absolute Gasteiger partial charge is 0.191 e. The number of hydrogen-bond donors (Lipinski definition) is 2. The Morgan fingerprint density at radius 2 is 1.81 bits per heavy atom. The monoisotopic (exact) mass is 500 g/mol. The molecule has 0 spiro atoms. The van der Waals surface area contributed by atoms with Gasteiger partial charge in [0.25, 0.3) is 0 Å². The quantitative estimate of drug-likeness (QED) is 0.304. The largest absolute Gasteiger partial charge is 0.357 e. The SMILES string of the molecule is CCNC(=NCC(C)(C)CCS(C)(=O)=O)NC1CCN(C2CC2)CC1.I. The fourth-order valence-corrected chi connectivity index (χ4v) is 4.12. The summed E-state index contributed by atoms with van der Waals surface area (Å²) in [5.74, 6) is 1.08. The van der Waals surface area contributed by atoms with Gasteiger partial charge in [-0.25, -0.2) is 8.42 Å². The summed E-state index contributed by atoms with van der Waals surface area (Å²) in [5.41, 5.74) is -0.124. The van der Waals surface area contributed by atoms with Crippen LogP contribution in [-0.4, -0.2) is 69.5 Å². The summed E-state index contributed by atoms with van der Waals surface area (Å²) in [6.07, 6.45) is 7.02. The Bertz CT molecular complexity index is 554. The first-order valence-electron chi connectivity index (χ1n) is 9.65. The van der Waals surface area contributed by atoms with Crippen LogP contribution >= 0.6 is 24.0 Å². The number of aliphatic imine (C=N–C) groups is 1. The van der Waals surface area contributed by atoms with Gasteiger partial charge in [-0.1, -0.05) is 13.8 Å². The molecular weight excluding hydrogens is 463 g/mol. The minimum Gasteiger partial charge on any atom is -0.357 e. The normalized spacial score (nSPS) is 20.5. The maximum atomic E-state index is 11.4. The second kappa shape index (κ2) is 10.5. The summed E-state index contributed by atoms with van der Waals surface area (Å²) in [6.45, 7) is 10.1. The molecule has 8 heteroatoms. The highest BCUT2D eigenvalue weighted by Crippen LogP contribution is 2.29. The fraction of sp³-hybridized carbons (Fsp3) is 0.944. The third kappa shape index (κ3) is 9.21. The third-order valence-corrected chi connectivity index (χ3v) is 6.04. The van der Waals surface area contributed by atoms with Gasteiger partial charge in [-0.05, 0) is 44.4 Å². The first-order valence-corrected chi connectivity index (χ1v) is 11.7. The summed E-state index contributed by atoms with van der Waals surface area (Å²) in [7, 11) is -2.92. The lowest BCUT2D eigenvalue weighted by atomic mass is 9.90. The number of piperidine rings is 1. The molecule has 1 heterocycles. The molecule has 0 aromatic rings. The molecule has 2 N–H and O–H groups in total. The topological polar surface area (TPSA) is 73.8 Å². The Morgan fingerprint density at radius 1 is 1.19 bits per heavy atom. The van der Waals surface area contributed by atoms with E-state index < -0.39 is 9.84 Å². The Balaban J connectivity index is 0.00000338. The van der Waals surface area contributed by atoms with E-state index in [1.54, 1.807) is 0 Å². The summed E-state index contributed by atoms with van der Waals surface area (Å²) in [5, 5.41) is 6.90. The second-order valence-electron chi connectivity index (χ2n) is 8.43. The number of rotatable bonds is 8. The molecule has 0 radical (unpaired) electrons. The van der Waals surface area contributed by atoms with E-state index in [0.717, 1.165) is 18.5 Å². The summed E-state index contributed by atoms with van der Waals surface area (Å²) < 4.78 is 22.8. The van der Waals surface area contributed by atoms with E-state index in [-0.39, 0.29) is 35.1 Å². The zero-order chi connectivity index (χ0) is 18.5. The van der Waals surface area contributed by atoms with Crippen LogP contribution in [0.2, 0.25) is 0 Å². The van der Waals surface area contributed by atoms with Gasteiger partial charge in [-0.3, -0.25) is 4.99 Å². The Labute approximate surface area is 176 Å². The van der Waals surface area contributed by atoms with Crippen LogP contribution in [0.4, 0.5) is 0 Å². The maximum absolute atomic E-state index is 11.4. The minimum atomic E-state index is -2.92. The molecule has 1 saturated carbocycles. The van der Waals surface area contributed by atoms with Gasteiger partial charge in [0.15, 0.2) is 5.96 Å². The van der Waals surface area contributed by atoms with Crippen molar-refractivity contribution < 1.29 is 8.42 Å². The fourth-order valence-electron chi connectivity index (χ4n) is 3.20. The van der Waals surface area contributed by atoms with Crippen molar-refractivity contribution in [1.29, 1.82) is 0 Å². The van der Waals surface area contributed by atoms with Crippen molar-refractivity contribution in [2.24, 2.45) is 10.4 Å². The van der Waals surface area contributed by atoms with Gasteiger partial charge in [0.2, 0.25) is 0 Å². The van der Waals surface area contributed by atoms with Crippen LogP contribution in [0.5, 0.6) is 0 Å². The number of hydrogen-bond acceptors (Lipinski definition) is 4. The van der Waals surface area contributed by atoms with E-state index in [2.05, 4.69) is 36.3 Å². The lowest BCUT2D eigenvalue weighted by Crippen LogP contribution is -2.49. The zero-order valence-electron chi connectivity index (χ0n) is 16.8. The molecule has 26 heavy (non-hydrogen) atoms. The summed E-state index contributed by atoms with van der Waals surface area (Å²) >= 11 is 0. The first-order chi connectivity index (χ1) is 11.7. The van der Waals surface area contributed by atoms with Crippen LogP contribution in [0, 0.1) is 5.41 Å². The number of halogens is 1. The molecule has 0 bridgehead atoms. The van der Waals surface area contributed by atoms with Gasteiger partial charge in [-0.2, -0.15) is 0 Å². The van der Waals surface area contributed by atoms with Gasteiger partial charge in [0, 0.05) is 44.5 Å². The van der Waals surface area contributed by atoms with Crippen molar-refractivity contribution >= 4 is 39.8 Å². The number of nitrogens with zero attached hydrogens (tertiary/aromatic N) is 2. The molecule has 0 unspecified atom stereocenters. The summed E-state index contributed by atoms with van der Waals surface area (Å²) in [4.78, 5) is 7.35. The van der Waals surface area contributed by atoms with Gasteiger partial charge < -0.3 is 15.5 Å². The van der Waals surface area contributed by atoms with Gasteiger partial charge in [-0.15, -0.1) is 24.0 Å². The van der Waals surface area contributed by atoms with Crippen LogP contribution in [-0.2, 0) is 9.84 Å². The molecule has 0 atom stereocenters.